The van der Waals surface area contributed by atoms with Gasteiger partial charge in [-0.1, -0.05) is 125 Å². The lowest BCUT2D eigenvalue weighted by atomic mass is 9.82. The zero-order valence-electron chi connectivity index (χ0n) is 16.6. The summed E-state index contributed by atoms with van der Waals surface area (Å²) in [5.74, 6) is 2.94. The quantitative estimate of drug-likeness (QED) is 0.251. The van der Waals surface area contributed by atoms with Gasteiger partial charge in [0.05, 0.1) is 0 Å². The summed E-state index contributed by atoms with van der Waals surface area (Å²) in [7, 11) is 0. The summed E-state index contributed by atoms with van der Waals surface area (Å²) in [5, 5.41) is 0. The Morgan fingerprint density at radius 1 is 0.545 bits per heavy atom. The first-order chi connectivity index (χ1) is 10.7. The fourth-order valence-corrected chi connectivity index (χ4v) is 4.01. The van der Waals surface area contributed by atoms with Gasteiger partial charge in [-0.2, -0.15) is 0 Å². The fraction of sp³-hybridized carbons (Fsp3) is 1.00. The highest BCUT2D eigenvalue weighted by atomic mass is 14.2. The molecule has 0 nitrogen and oxygen atoms in total. The predicted octanol–water partition coefficient (Wildman–Crippen LogP) is 8.40. The van der Waals surface area contributed by atoms with E-state index in [0.717, 1.165) is 17.8 Å². The molecule has 0 fully saturated rings. The second-order valence-electron chi connectivity index (χ2n) is 7.72. The van der Waals surface area contributed by atoms with Gasteiger partial charge in [0.15, 0.2) is 0 Å². The van der Waals surface area contributed by atoms with E-state index < -0.39 is 0 Å². The molecule has 0 aliphatic carbocycles. The summed E-state index contributed by atoms with van der Waals surface area (Å²) in [6, 6.07) is 0. The number of hydrogen-bond acceptors (Lipinski definition) is 0. The maximum absolute atomic E-state index is 2.51. The molecule has 3 unspecified atom stereocenters. The van der Waals surface area contributed by atoms with Gasteiger partial charge in [0, 0.05) is 0 Å². The van der Waals surface area contributed by atoms with E-state index >= 15 is 0 Å². The predicted molar refractivity (Wildman–Crippen MR) is 103 cm³/mol. The van der Waals surface area contributed by atoms with Crippen LogP contribution >= 0.6 is 0 Å². The van der Waals surface area contributed by atoms with E-state index in [-0.39, 0.29) is 0 Å². The number of rotatable bonds is 16. The van der Waals surface area contributed by atoms with Crippen LogP contribution in [0.5, 0.6) is 0 Å². The van der Waals surface area contributed by atoms with Crippen molar-refractivity contribution in [3.8, 4) is 0 Å². The Bertz CT molecular complexity index is 208. The summed E-state index contributed by atoms with van der Waals surface area (Å²) >= 11 is 0. The van der Waals surface area contributed by atoms with E-state index in [9.17, 15) is 0 Å². The van der Waals surface area contributed by atoms with Crippen molar-refractivity contribution in [2.45, 2.75) is 125 Å². The van der Waals surface area contributed by atoms with Crippen LogP contribution in [0, 0.1) is 17.8 Å². The minimum absolute atomic E-state index is 0.942. The third kappa shape index (κ3) is 11.6. The first-order valence-corrected chi connectivity index (χ1v) is 10.7. The first kappa shape index (κ1) is 22.0. The molecule has 0 bridgehead atoms. The fourth-order valence-electron chi connectivity index (χ4n) is 4.01. The zero-order chi connectivity index (χ0) is 16.6. The average molecular weight is 311 g/mol. The van der Waals surface area contributed by atoms with Crippen molar-refractivity contribution in [1.29, 1.82) is 0 Å². The third-order valence-corrected chi connectivity index (χ3v) is 5.69. The van der Waals surface area contributed by atoms with Crippen molar-refractivity contribution in [3.05, 3.63) is 0 Å². The lowest BCUT2D eigenvalue weighted by Crippen LogP contribution is -2.11. The molecule has 0 radical (unpaired) electrons. The van der Waals surface area contributed by atoms with Gasteiger partial charge in [-0.15, -0.1) is 0 Å². The van der Waals surface area contributed by atoms with E-state index in [1.807, 2.05) is 0 Å². The molecule has 0 aromatic carbocycles. The molecule has 0 spiro atoms. The van der Waals surface area contributed by atoms with Crippen molar-refractivity contribution in [2.24, 2.45) is 17.8 Å². The molecular weight excluding hydrogens is 264 g/mol. The van der Waals surface area contributed by atoms with Crippen LogP contribution in [0.1, 0.15) is 125 Å². The summed E-state index contributed by atoms with van der Waals surface area (Å²) in [5.41, 5.74) is 0. The van der Waals surface area contributed by atoms with Gasteiger partial charge in [-0.25, -0.2) is 0 Å². The molecule has 0 rings (SSSR count). The normalized spacial score (nSPS) is 15.7. The van der Waals surface area contributed by atoms with Crippen molar-refractivity contribution in [3.63, 3.8) is 0 Å². The van der Waals surface area contributed by atoms with E-state index in [1.165, 1.54) is 89.9 Å². The summed E-state index contributed by atoms with van der Waals surface area (Å²) in [6.07, 6.45) is 20.2. The van der Waals surface area contributed by atoms with Crippen molar-refractivity contribution < 1.29 is 0 Å². The Morgan fingerprint density at radius 2 is 1.18 bits per heavy atom. The molecule has 22 heavy (non-hydrogen) atoms. The SMILES string of the molecule is CCCCCCC(CCCC)CCCC(C)C(CC)CCC. The van der Waals surface area contributed by atoms with Crippen molar-refractivity contribution in [1.82, 2.24) is 0 Å². The maximum Gasteiger partial charge on any atom is -0.0391 e. The highest BCUT2D eigenvalue weighted by molar-refractivity contribution is 4.67. The lowest BCUT2D eigenvalue weighted by Gasteiger charge is -2.23. The van der Waals surface area contributed by atoms with Crippen LogP contribution in [0.25, 0.3) is 0 Å². The Kier molecular flexibility index (Phi) is 15.9. The van der Waals surface area contributed by atoms with Crippen molar-refractivity contribution in [2.75, 3.05) is 0 Å². The molecule has 134 valence electrons. The maximum atomic E-state index is 2.51. The van der Waals surface area contributed by atoms with Crippen LogP contribution in [0.4, 0.5) is 0 Å². The second kappa shape index (κ2) is 15.9. The Labute approximate surface area is 142 Å². The monoisotopic (exact) mass is 310 g/mol. The summed E-state index contributed by atoms with van der Waals surface area (Å²) in [6.45, 7) is 11.9. The van der Waals surface area contributed by atoms with Gasteiger partial charge in [0.2, 0.25) is 0 Å². The zero-order valence-corrected chi connectivity index (χ0v) is 16.6. The smallest absolute Gasteiger partial charge is 0.0391 e. The Morgan fingerprint density at radius 3 is 1.77 bits per heavy atom. The van der Waals surface area contributed by atoms with E-state index in [2.05, 4.69) is 34.6 Å². The van der Waals surface area contributed by atoms with Crippen LogP contribution in [0.2, 0.25) is 0 Å². The molecule has 0 heterocycles. The van der Waals surface area contributed by atoms with E-state index in [1.54, 1.807) is 0 Å². The molecule has 0 heteroatoms. The Balaban J connectivity index is 3.98. The number of unbranched alkanes of at least 4 members (excludes halogenated alkanes) is 4. The molecule has 0 saturated heterocycles. The standard InChI is InChI=1S/C22H46/c1-6-10-12-13-18-21(17-11-7-2)19-14-16-20(5)22(9-4)15-8-3/h20-22H,6-19H2,1-5H3. The highest BCUT2D eigenvalue weighted by Crippen LogP contribution is 2.28. The van der Waals surface area contributed by atoms with Gasteiger partial charge in [-0.05, 0) is 17.8 Å². The van der Waals surface area contributed by atoms with E-state index in [4.69, 9.17) is 0 Å². The highest BCUT2D eigenvalue weighted by Gasteiger charge is 2.15. The third-order valence-electron chi connectivity index (χ3n) is 5.69. The topological polar surface area (TPSA) is 0 Å². The minimum Gasteiger partial charge on any atom is -0.0654 e. The van der Waals surface area contributed by atoms with Gasteiger partial charge in [-0.3, -0.25) is 0 Å². The van der Waals surface area contributed by atoms with Crippen LogP contribution in [-0.4, -0.2) is 0 Å². The summed E-state index contributed by atoms with van der Waals surface area (Å²) in [4.78, 5) is 0. The minimum atomic E-state index is 0.942. The van der Waals surface area contributed by atoms with Gasteiger partial charge in [0.25, 0.3) is 0 Å². The van der Waals surface area contributed by atoms with Gasteiger partial charge < -0.3 is 0 Å². The molecule has 0 aliphatic heterocycles. The summed E-state index contributed by atoms with van der Waals surface area (Å²) < 4.78 is 0. The molecule has 0 aliphatic rings. The molecule has 0 aromatic rings. The van der Waals surface area contributed by atoms with Crippen molar-refractivity contribution >= 4 is 0 Å². The molecule has 0 aromatic heterocycles. The lowest BCUT2D eigenvalue weighted by molar-refractivity contribution is 0.283. The Hall–Kier alpha value is 0. The van der Waals surface area contributed by atoms with Crippen LogP contribution < -0.4 is 0 Å². The molecular formula is C22H46. The van der Waals surface area contributed by atoms with Crippen LogP contribution in [-0.2, 0) is 0 Å². The van der Waals surface area contributed by atoms with Crippen LogP contribution in [0.15, 0.2) is 0 Å². The van der Waals surface area contributed by atoms with Crippen LogP contribution in [0.3, 0.4) is 0 Å². The first-order valence-electron chi connectivity index (χ1n) is 10.7. The molecule has 3 atom stereocenters. The molecule has 0 N–H and O–H groups in total. The molecule has 0 saturated carbocycles. The average Bonchev–Trinajstić information content (AvgIpc) is 2.53. The second-order valence-corrected chi connectivity index (χ2v) is 7.72. The number of hydrogen-bond donors (Lipinski definition) is 0. The largest absolute Gasteiger partial charge is 0.0654 e. The van der Waals surface area contributed by atoms with E-state index in [0.29, 0.717) is 0 Å². The van der Waals surface area contributed by atoms with Gasteiger partial charge >= 0.3 is 0 Å². The van der Waals surface area contributed by atoms with Gasteiger partial charge in [0.1, 0.15) is 0 Å². The molecule has 0 amide bonds.